The van der Waals surface area contributed by atoms with E-state index in [4.69, 9.17) is 25.5 Å². The molecule has 3 rings (SSSR count). The SMILES string of the molecule is COc1ccc(C(=O)N/N=C/c2ccc(-c3cccc(Cl)c3)o2)cc1OC. The van der Waals surface area contributed by atoms with Crippen LogP contribution < -0.4 is 14.9 Å². The minimum absolute atomic E-state index is 0.381. The molecule has 0 atom stereocenters. The molecule has 138 valence electrons. The lowest BCUT2D eigenvalue weighted by Gasteiger charge is -2.08. The minimum Gasteiger partial charge on any atom is -0.493 e. The first kappa shape index (κ1) is 18.5. The van der Waals surface area contributed by atoms with Gasteiger partial charge in [-0.05, 0) is 42.5 Å². The van der Waals surface area contributed by atoms with Gasteiger partial charge in [-0.3, -0.25) is 4.79 Å². The molecule has 0 saturated carbocycles. The number of methoxy groups -OCH3 is 2. The number of benzene rings is 2. The Bertz CT molecular complexity index is 982. The number of nitrogens with zero attached hydrogens (tertiary/aromatic N) is 1. The summed E-state index contributed by atoms with van der Waals surface area (Å²) in [4.78, 5) is 12.2. The number of nitrogens with one attached hydrogen (secondary N) is 1. The second kappa shape index (κ2) is 8.42. The zero-order valence-corrected chi connectivity index (χ0v) is 15.5. The Hall–Kier alpha value is -3.25. The van der Waals surface area contributed by atoms with Gasteiger partial charge in [-0.2, -0.15) is 5.10 Å². The van der Waals surface area contributed by atoms with E-state index in [1.54, 1.807) is 36.4 Å². The number of halogens is 1. The predicted molar refractivity (Wildman–Crippen MR) is 104 cm³/mol. The van der Waals surface area contributed by atoms with Crippen LogP contribution in [-0.2, 0) is 0 Å². The van der Waals surface area contributed by atoms with E-state index in [0.29, 0.717) is 33.6 Å². The van der Waals surface area contributed by atoms with Gasteiger partial charge in [-0.1, -0.05) is 23.7 Å². The summed E-state index contributed by atoms with van der Waals surface area (Å²) < 4.78 is 16.0. The normalized spacial score (nSPS) is 10.8. The summed E-state index contributed by atoms with van der Waals surface area (Å²) in [5, 5.41) is 4.55. The van der Waals surface area contributed by atoms with E-state index in [2.05, 4.69) is 10.5 Å². The molecule has 0 saturated heterocycles. The van der Waals surface area contributed by atoms with Crippen LogP contribution in [0.2, 0.25) is 5.02 Å². The van der Waals surface area contributed by atoms with Crippen molar-refractivity contribution >= 4 is 23.7 Å². The zero-order valence-electron chi connectivity index (χ0n) is 14.7. The second-order valence-electron chi connectivity index (χ2n) is 5.48. The van der Waals surface area contributed by atoms with Crippen molar-refractivity contribution in [2.75, 3.05) is 14.2 Å². The molecule has 0 spiro atoms. The molecule has 0 aliphatic rings. The predicted octanol–water partition coefficient (Wildman–Crippen LogP) is 4.38. The van der Waals surface area contributed by atoms with E-state index < -0.39 is 0 Å². The van der Waals surface area contributed by atoms with E-state index >= 15 is 0 Å². The van der Waals surface area contributed by atoms with Crippen LogP contribution >= 0.6 is 11.6 Å². The Balaban J connectivity index is 1.66. The summed E-state index contributed by atoms with van der Waals surface area (Å²) in [7, 11) is 3.04. The third-order valence-corrected chi connectivity index (χ3v) is 3.97. The Kier molecular flexibility index (Phi) is 5.78. The maximum atomic E-state index is 12.2. The standard InChI is InChI=1S/C20H17ClN2O4/c1-25-18-8-6-14(11-19(18)26-2)20(24)23-22-12-16-7-9-17(27-16)13-4-3-5-15(21)10-13/h3-12H,1-2H3,(H,23,24)/b22-12+. The molecule has 0 radical (unpaired) electrons. The smallest absolute Gasteiger partial charge is 0.271 e. The molecular formula is C20H17ClN2O4. The highest BCUT2D eigenvalue weighted by Crippen LogP contribution is 2.27. The third kappa shape index (κ3) is 4.48. The number of hydrogen-bond donors (Lipinski definition) is 1. The van der Waals surface area contributed by atoms with Gasteiger partial charge in [0.05, 0.1) is 20.4 Å². The first-order valence-electron chi connectivity index (χ1n) is 8.02. The Labute approximate surface area is 161 Å². The van der Waals surface area contributed by atoms with Crippen molar-refractivity contribution in [2.45, 2.75) is 0 Å². The largest absolute Gasteiger partial charge is 0.493 e. The fraction of sp³-hybridized carbons (Fsp3) is 0.100. The van der Waals surface area contributed by atoms with Crippen LogP contribution in [0.25, 0.3) is 11.3 Å². The van der Waals surface area contributed by atoms with Crippen molar-refractivity contribution in [1.82, 2.24) is 5.43 Å². The van der Waals surface area contributed by atoms with Crippen LogP contribution in [0.5, 0.6) is 11.5 Å². The van der Waals surface area contributed by atoms with Gasteiger partial charge < -0.3 is 13.9 Å². The number of amides is 1. The van der Waals surface area contributed by atoms with Gasteiger partial charge >= 0.3 is 0 Å². The highest BCUT2D eigenvalue weighted by molar-refractivity contribution is 6.30. The number of hydrazone groups is 1. The van der Waals surface area contributed by atoms with Crippen LogP contribution in [-0.4, -0.2) is 26.3 Å². The van der Waals surface area contributed by atoms with Crippen molar-refractivity contribution in [3.8, 4) is 22.8 Å². The Morgan fingerprint density at radius 3 is 2.63 bits per heavy atom. The van der Waals surface area contributed by atoms with E-state index in [1.165, 1.54) is 20.4 Å². The molecule has 1 aromatic heterocycles. The van der Waals surface area contributed by atoms with Crippen LogP contribution in [0.15, 0.2) is 64.1 Å². The van der Waals surface area contributed by atoms with Gasteiger partial charge in [-0.25, -0.2) is 5.43 Å². The van der Waals surface area contributed by atoms with E-state index in [9.17, 15) is 4.79 Å². The summed E-state index contributed by atoms with van der Waals surface area (Å²) in [6.45, 7) is 0. The lowest BCUT2D eigenvalue weighted by molar-refractivity contribution is 0.0954. The van der Waals surface area contributed by atoms with E-state index in [1.807, 2.05) is 18.2 Å². The number of ether oxygens (including phenoxy) is 2. The molecular weight excluding hydrogens is 368 g/mol. The van der Waals surface area contributed by atoms with Gasteiger partial charge in [0, 0.05) is 16.1 Å². The van der Waals surface area contributed by atoms with Crippen molar-refractivity contribution in [3.63, 3.8) is 0 Å². The number of hydrogen-bond acceptors (Lipinski definition) is 5. The Morgan fingerprint density at radius 2 is 1.89 bits per heavy atom. The Morgan fingerprint density at radius 1 is 1.07 bits per heavy atom. The first-order chi connectivity index (χ1) is 13.1. The molecule has 0 aliphatic heterocycles. The topological polar surface area (TPSA) is 73.1 Å². The molecule has 1 amide bonds. The molecule has 0 fully saturated rings. The summed E-state index contributed by atoms with van der Waals surface area (Å²) in [6, 6.07) is 15.7. The average molecular weight is 385 g/mol. The van der Waals surface area contributed by atoms with Crippen LogP contribution in [0.3, 0.4) is 0 Å². The highest BCUT2D eigenvalue weighted by atomic mass is 35.5. The highest BCUT2D eigenvalue weighted by Gasteiger charge is 2.10. The average Bonchev–Trinajstić information content (AvgIpc) is 3.16. The van der Waals surface area contributed by atoms with Crippen LogP contribution in [0, 0.1) is 0 Å². The fourth-order valence-corrected chi connectivity index (χ4v) is 2.61. The van der Waals surface area contributed by atoms with E-state index in [0.717, 1.165) is 5.56 Å². The molecule has 27 heavy (non-hydrogen) atoms. The van der Waals surface area contributed by atoms with Gasteiger partial charge in [0.2, 0.25) is 0 Å². The minimum atomic E-state index is -0.381. The lowest BCUT2D eigenvalue weighted by Crippen LogP contribution is -2.17. The first-order valence-corrected chi connectivity index (χ1v) is 8.39. The van der Waals surface area contributed by atoms with Gasteiger partial charge in [0.1, 0.15) is 11.5 Å². The summed E-state index contributed by atoms with van der Waals surface area (Å²) in [5.41, 5.74) is 3.70. The number of rotatable bonds is 6. The molecule has 7 heteroatoms. The van der Waals surface area contributed by atoms with Crippen molar-refractivity contribution in [2.24, 2.45) is 5.10 Å². The maximum absolute atomic E-state index is 12.2. The number of carbonyl (C=O) groups is 1. The van der Waals surface area contributed by atoms with Crippen molar-refractivity contribution in [3.05, 3.63) is 70.9 Å². The zero-order chi connectivity index (χ0) is 19.2. The van der Waals surface area contributed by atoms with Crippen molar-refractivity contribution in [1.29, 1.82) is 0 Å². The molecule has 0 aliphatic carbocycles. The molecule has 1 N–H and O–H groups in total. The van der Waals surface area contributed by atoms with Crippen LogP contribution in [0.4, 0.5) is 0 Å². The second-order valence-corrected chi connectivity index (χ2v) is 5.92. The molecule has 2 aromatic carbocycles. The lowest BCUT2D eigenvalue weighted by atomic mass is 10.2. The summed E-state index contributed by atoms with van der Waals surface area (Å²) in [6.07, 6.45) is 1.42. The fourth-order valence-electron chi connectivity index (χ4n) is 2.42. The number of furan rings is 1. The molecule has 0 bridgehead atoms. The van der Waals surface area contributed by atoms with Crippen molar-refractivity contribution < 1.29 is 18.7 Å². The summed E-state index contributed by atoms with van der Waals surface area (Å²) in [5.74, 6) is 1.78. The maximum Gasteiger partial charge on any atom is 0.271 e. The monoisotopic (exact) mass is 384 g/mol. The molecule has 3 aromatic rings. The number of carbonyl (C=O) groups excluding carboxylic acids is 1. The quantitative estimate of drug-likeness (QED) is 0.505. The van der Waals surface area contributed by atoms with Crippen LogP contribution in [0.1, 0.15) is 16.1 Å². The molecule has 0 unspecified atom stereocenters. The van der Waals surface area contributed by atoms with E-state index in [-0.39, 0.29) is 5.91 Å². The summed E-state index contributed by atoms with van der Waals surface area (Å²) >= 11 is 5.99. The van der Waals surface area contributed by atoms with Gasteiger partial charge in [0.25, 0.3) is 5.91 Å². The van der Waals surface area contributed by atoms with Gasteiger partial charge in [-0.15, -0.1) is 0 Å². The van der Waals surface area contributed by atoms with Gasteiger partial charge in [0.15, 0.2) is 11.5 Å². The molecule has 1 heterocycles. The third-order valence-electron chi connectivity index (χ3n) is 3.74. The molecule has 6 nitrogen and oxygen atoms in total.